The summed E-state index contributed by atoms with van der Waals surface area (Å²) in [5, 5.41) is 0. The third kappa shape index (κ3) is 3.62. The lowest BCUT2D eigenvalue weighted by atomic mass is 9.95. The molecule has 1 aliphatic rings. The average molecular weight is 276 g/mol. The standard InChI is InChI=1S/C18H28O2/c1-5-7-17-14(6-2)12-19-18(20-17)16-10-8-15(9-11-16)13(3)4/h8-11,13-14,17-18H,5-7,12H2,1-4H3/t14-,17-,18-/m0/s1. The second-order valence-corrected chi connectivity index (χ2v) is 6.12. The van der Waals surface area contributed by atoms with Crippen molar-refractivity contribution >= 4 is 0 Å². The fourth-order valence-corrected chi connectivity index (χ4v) is 2.81. The topological polar surface area (TPSA) is 18.5 Å². The van der Waals surface area contributed by atoms with Gasteiger partial charge in [-0.25, -0.2) is 0 Å². The zero-order valence-corrected chi connectivity index (χ0v) is 13.3. The molecule has 2 heteroatoms. The molecule has 1 aromatic carbocycles. The van der Waals surface area contributed by atoms with Crippen LogP contribution in [0.5, 0.6) is 0 Å². The van der Waals surface area contributed by atoms with Crippen molar-refractivity contribution in [3.8, 4) is 0 Å². The summed E-state index contributed by atoms with van der Waals surface area (Å²) in [6, 6.07) is 8.67. The van der Waals surface area contributed by atoms with E-state index in [1.807, 2.05) is 0 Å². The van der Waals surface area contributed by atoms with Crippen molar-refractivity contribution in [1.29, 1.82) is 0 Å². The first-order valence-corrected chi connectivity index (χ1v) is 8.02. The number of hydrogen-bond donors (Lipinski definition) is 0. The summed E-state index contributed by atoms with van der Waals surface area (Å²) in [4.78, 5) is 0. The van der Waals surface area contributed by atoms with E-state index in [2.05, 4.69) is 52.0 Å². The van der Waals surface area contributed by atoms with Crippen molar-refractivity contribution in [3.05, 3.63) is 35.4 Å². The van der Waals surface area contributed by atoms with Crippen LogP contribution in [-0.4, -0.2) is 12.7 Å². The minimum atomic E-state index is -0.185. The van der Waals surface area contributed by atoms with Crippen molar-refractivity contribution in [1.82, 2.24) is 0 Å². The molecule has 0 radical (unpaired) electrons. The molecule has 1 aromatic rings. The van der Waals surface area contributed by atoms with Crippen LogP contribution in [0.1, 0.15) is 70.3 Å². The van der Waals surface area contributed by atoms with Gasteiger partial charge in [0, 0.05) is 11.5 Å². The van der Waals surface area contributed by atoms with Crippen LogP contribution in [0.15, 0.2) is 24.3 Å². The quantitative estimate of drug-likeness (QED) is 0.749. The van der Waals surface area contributed by atoms with E-state index < -0.39 is 0 Å². The Morgan fingerprint density at radius 3 is 2.40 bits per heavy atom. The van der Waals surface area contributed by atoms with Gasteiger partial charge in [-0.05, 0) is 24.3 Å². The monoisotopic (exact) mass is 276 g/mol. The smallest absolute Gasteiger partial charge is 0.184 e. The van der Waals surface area contributed by atoms with Gasteiger partial charge in [0.15, 0.2) is 6.29 Å². The van der Waals surface area contributed by atoms with Gasteiger partial charge >= 0.3 is 0 Å². The van der Waals surface area contributed by atoms with Crippen LogP contribution in [0.4, 0.5) is 0 Å². The van der Waals surface area contributed by atoms with E-state index in [1.54, 1.807) is 0 Å². The zero-order valence-electron chi connectivity index (χ0n) is 13.3. The van der Waals surface area contributed by atoms with Crippen LogP contribution in [0.25, 0.3) is 0 Å². The van der Waals surface area contributed by atoms with Crippen LogP contribution in [0.2, 0.25) is 0 Å². The van der Waals surface area contributed by atoms with Gasteiger partial charge < -0.3 is 9.47 Å². The molecule has 0 spiro atoms. The van der Waals surface area contributed by atoms with Crippen molar-refractivity contribution in [3.63, 3.8) is 0 Å². The van der Waals surface area contributed by atoms with Crippen molar-refractivity contribution in [2.24, 2.45) is 5.92 Å². The molecule has 1 fully saturated rings. The van der Waals surface area contributed by atoms with Crippen LogP contribution >= 0.6 is 0 Å². The molecule has 0 saturated carbocycles. The van der Waals surface area contributed by atoms with Gasteiger partial charge in [0.25, 0.3) is 0 Å². The number of rotatable bonds is 5. The van der Waals surface area contributed by atoms with Crippen LogP contribution < -0.4 is 0 Å². The summed E-state index contributed by atoms with van der Waals surface area (Å²) in [6.07, 6.45) is 3.58. The molecule has 1 saturated heterocycles. The van der Waals surface area contributed by atoms with Gasteiger partial charge in [-0.3, -0.25) is 0 Å². The molecule has 0 aliphatic carbocycles. The normalized spacial score (nSPS) is 26.9. The molecular weight excluding hydrogens is 248 g/mol. The SMILES string of the molecule is CCC[C@@H]1O[C@@H](c2ccc(C(C)C)cc2)OC[C@@H]1CC. The third-order valence-electron chi connectivity index (χ3n) is 4.26. The molecule has 0 unspecified atom stereocenters. The van der Waals surface area contributed by atoms with Crippen LogP contribution in [-0.2, 0) is 9.47 Å². The van der Waals surface area contributed by atoms with Crippen molar-refractivity contribution in [2.75, 3.05) is 6.61 Å². The Kier molecular flexibility index (Phi) is 5.62. The lowest BCUT2D eigenvalue weighted by molar-refractivity contribution is -0.243. The molecule has 112 valence electrons. The van der Waals surface area contributed by atoms with E-state index in [-0.39, 0.29) is 6.29 Å². The molecule has 0 amide bonds. The summed E-state index contributed by atoms with van der Waals surface area (Å²) < 4.78 is 12.1. The fraction of sp³-hybridized carbons (Fsp3) is 0.667. The first-order valence-electron chi connectivity index (χ1n) is 8.02. The summed E-state index contributed by atoms with van der Waals surface area (Å²) in [5.41, 5.74) is 2.51. The molecule has 1 aliphatic heterocycles. The third-order valence-corrected chi connectivity index (χ3v) is 4.26. The molecular formula is C18H28O2. The summed E-state index contributed by atoms with van der Waals surface area (Å²) >= 11 is 0. The maximum Gasteiger partial charge on any atom is 0.184 e. The fourth-order valence-electron chi connectivity index (χ4n) is 2.81. The minimum absolute atomic E-state index is 0.185. The molecule has 0 N–H and O–H groups in total. The Hall–Kier alpha value is -0.860. The summed E-state index contributed by atoms with van der Waals surface area (Å²) in [7, 11) is 0. The Balaban J connectivity index is 2.05. The largest absolute Gasteiger partial charge is 0.348 e. The van der Waals surface area contributed by atoms with E-state index in [0.717, 1.165) is 25.0 Å². The van der Waals surface area contributed by atoms with Crippen molar-refractivity contribution in [2.45, 2.75) is 65.3 Å². The highest BCUT2D eigenvalue weighted by Crippen LogP contribution is 2.33. The highest BCUT2D eigenvalue weighted by molar-refractivity contribution is 5.25. The number of ether oxygens (including phenoxy) is 2. The minimum Gasteiger partial charge on any atom is -0.348 e. The molecule has 20 heavy (non-hydrogen) atoms. The van der Waals surface area contributed by atoms with Gasteiger partial charge in [0.1, 0.15) is 0 Å². The predicted molar refractivity (Wildman–Crippen MR) is 82.8 cm³/mol. The Morgan fingerprint density at radius 1 is 1.15 bits per heavy atom. The first kappa shape index (κ1) is 15.5. The van der Waals surface area contributed by atoms with E-state index >= 15 is 0 Å². The van der Waals surface area contributed by atoms with Gasteiger partial charge in [-0.2, -0.15) is 0 Å². The average Bonchev–Trinajstić information content (AvgIpc) is 2.47. The second-order valence-electron chi connectivity index (χ2n) is 6.12. The maximum absolute atomic E-state index is 6.19. The van der Waals surface area contributed by atoms with E-state index in [9.17, 15) is 0 Å². The van der Waals surface area contributed by atoms with Crippen LogP contribution in [0, 0.1) is 5.92 Å². The van der Waals surface area contributed by atoms with E-state index in [4.69, 9.17) is 9.47 Å². The summed E-state index contributed by atoms with van der Waals surface area (Å²) in [6.45, 7) is 9.69. The molecule has 2 nitrogen and oxygen atoms in total. The highest BCUT2D eigenvalue weighted by Gasteiger charge is 2.30. The van der Waals surface area contributed by atoms with Gasteiger partial charge in [-0.1, -0.05) is 58.4 Å². The second kappa shape index (κ2) is 7.24. The van der Waals surface area contributed by atoms with Crippen molar-refractivity contribution < 1.29 is 9.47 Å². The predicted octanol–water partition coefficient (Wildman–Crippen LogP) is 5.05. The lowest BCUT2D eigenvalue weighted by Gasteiger charge is -2.36. The van der Waals surface area contributed by atoms with E-state index in [1.165, 1.54) is 12.0 Å². The summed E-state index contributed by atoms with van der Waals surface area (Å²) in [5.74, 6) is 1.11. The molecule has 1 heterocycles. The van der Waals surface area contributed by atoms with Gasteiger partial charge in [-0.15, -0.1) is 0 Å². The highest BCUT2D eigenvalue weighted by atomic mass is 16.7. The van der Waals surface area contributed by atoms with Crippen LogP contribution in [0.3, 0.4) is 0 Å². The lowest BCUT2D eigenvalue weighted by Crippen LogP contribution is -2.35. The molecule has 2 rings (SSSR count). The molecule has 0 bridgehead atoms. The molecule has 0 aromatic heterocycles. The number of hydrogen-bond acceptors (Lipinski definition) is 2. The van der Waals surface area contributed by atoms with E-state index in [0.29, 0.717) is 17.9 Å². The first-order chi connectivity index (χ1) is 9.65. The Bertz CT molecular complexity index is 396. The Morgan fingerprint density at radius 2 is 1.85 bits per heavy atom. The van der Waals surface area contributed by atoms with Gasteiger partial charge in [0.2, 0.25) is 0 Å². The zero-order chi connectivity index (χ0) is 14.5. The molecule has 3 atom stereocenters. The number of benzene rings is 1. The maximum atomic E-state index is 6.19. The Labute approximate surface area is 123 Å². The van der Waals surface area contributed by atoms with Gasteiger partial charge in [0.05, 0.1) is 12.7 Å².